The molecule has 5 aromatic rings. The number of alkyl halides is 5. The number of hydrazine groups is 1. The number of anilines is 1. The Morgan fingerprint density at radius 3 is 2.25 bits per heavy atom. The number of halogens is 5. The summed E-state index contributed by atoms with van der Waals surface area (Å²) in [5.41, 5.74) is 7.41. The van der Waals surface area contributed by atoms with Gasteiger partial charge in [0, 0.05) is 34.5 Å². The van der Waals surface area contributed by atoms with E-state index in [1.54, 1.807) is 15.3 Å². The van der Waals surface area contributed by atoms with E-state index in [0.717, 1.165) is 45.4 Å². The molecule has 11 heteroatoms. The number of thiocarbonyl (C=S) groups is 1. The van der Waals surface area contributed by atoms with Crippen molar-refractivity contribution in [1.29, 1.82) is 0 Å². The van der Waals surface area contributed by atoms with Gasteiger partial charge in [0.05, 0.1) is 11.0 Å². The Kier molecular flexibility index (Phi) is 6.79. The largest absolute Gasteiger partial charge is 0.458 e. The zero-order valence-electron chi connectivity index (χ0n) is 21.4. The molecule has 2 N–H and O–H groups in total. The van der Waals surface area contributed by atoms with Gasteiger partial charge in [0.2, 0.25) is 10.8 Å². The highest BCUT2D eigenvalue weighted by Crippen LogP contribution is 2.44. The van der Waals surface area contributed by atoms with Crippen molar-refractivity contribution in [3.8, 4) is 5.69 Å². The third-order valence-corrected chi connectivity index (χ3v) is 6.84. The number of imidazole rings is 1. The lowest BCUT2D eigenvalue weighted by Crippen LogP contribution is -2.34. The summed E-state index contributed by atoms with van der Waals surface area (Å²) in [6, 6.07) is 19.2. The standard InChI is InChI=1S/C29H22F5N5S/c1-17-5-4-6-18(2)25(17)36-27(40)37-38(3)22-12-13-23-19(15-22)7-14-24-26(23)35-16-39(24)21-10-8-20(9-11-21)28(30,31)29(32,33)34/h4-16H,3H2,1-2H3,(H-,36,37,40)/p+1. The molecular formula is C29H23F5N5S+. The summed E-state index contributed by atoms with van der Waals surface area (Å²) >= 11 is 5.47. The van der Waals surface area contributed by atoms with Crippen LogP contribution in [0.1, 0.15) is 16.7 Å². The van der Waals surface area contributed by atoms with Crippen molar-refractivity contribution >= 4 is 57.2 Å². The third kappa shape index (κ3) is 4.88. The average Bonchev–Trinajstić information content (AvgIpc) is 3.34. The monoisotopic (exact) mass is 568 g/mol. The molecule has 0 fully saturated rings. The Morgan fingerprint density at radius 2 is 1.60 bits per heavy atom. The van der Waals surface area contributed by atoms with E-state index >= 15 is 0 Å². The number of hydrogen-bond donors (Lipinski definition) is 2. The quantitative estimate of drug-likeness (QED) is 0.0750. The fourth-order valence-electron chi connectivity index (χ4n) is 4.51. The van der Waals surface area contributed by atoms with Crippen LogP contribution in [-0.4, -0.2) is 32.2 Å². The Balaban J connectivity index is 1.39. The van der Waals surface area contributed by atoms with Crippen molar-refractivity contribution in [3.63, 3.8) is 0 Å². The molecule has 1 heterocycles. The molecule has 4 aromatic carbocycles. The summed E-state index contributed by atoms with van der Waals surface area (Å²) in [6.45, 7) is 8.02. The van der Waals surface area contributed by atoms with Crippen molar-refractivity contribution in [3.05, 3.63) is 95.8 Å². The molecule has 0 saturated carbocycles. The molecule has 0 spiro atoms. The molecule has 0 saturated heterocycles. The van der Waals surface area contributed by atoms with Crippen LogP contribution in [0.4, 0.5) is 33.3 Å². The highest BCUT2D eigenvalue weighted by atomic mass is 32.1. The van der Waals surface area contributed by atoms with Crippen molar-refractivity contribution in [1.82, 2.24) is 15.0 Å². The van der Waals surface area contributed by atoms with Crippen LogP contribution >= 0.6 is 12.2 Å². The molecule has 5 nitrogen and oxygen atoms in total. The Hall–Kier alpha value is -4.38. The van der Waals surface area contributed by atoms with Crippen LogP contribution < -0.4 is 10.7 Å². The van der Waals surface area contributed by atoms with Gasteiger partial charge in [0.25, 0.3) is 0 Å². The fraction of sp³-hybridized carbons (Fsp3) is 0.138. The second-order valence-electron chi connectivity index (χ2n) is 9.33. The van der Waals surface area contributed by atoms with E-state index in [1.807, 2.05) is 56.3 Å². The van der Waals surface area contributed by atoms with Crippen LogP contribution in [-0.2, 0) is 5.92 Å². The van der Waals surface area contributed by atoms with Gasteiger partial charge in [0.15, 0.2) is 6.72 Å². The topological polar surface area (TPSA) is 44.9 Å². The molecule has 0 unspecified atom stereocenters. The smallest absolute Gasteiger partial charge is 0.328 e. The molecule has 0 bridgehead atoms. The van der Waals surface area contributed by atoms with Crippen molar-refractivity contribution in [2.45, 2.75) is 25.9 Å². The molecule has 0 aliphatic heterocycles. The highest BCUT2D eigenvalue weighted by molar-refractivity contribution is 7.80. The minimum atomic E-state index is -5.67. The van der Waals surface area contributed by atoms with E-state index in [1.165, 1.54) is 18.5 Å². The van der Waals surface area contributed by atoms with Gasteiger partial charge >= 0.3 is 12.1 Å². The number of aryl methyl sites for hydroxylation is 2. The minimum absolute atomic E-state index is 0.376. The zero-order chi connectivity index (χ0) is 28.8. The molecular weight excluding hydrogens is 545 g/mol. The van der Waals surface area contributed by atoms with Gasteiger partial charge in [-0.25, -0.2) is 4.98 Å². The maximum atomic E-state index is 13.7. The SMILES string of the molecule is C=[N+](NC(=S)Nc1c(C)cccc1C)c1ccc2c(ccc3c2ncn3-c2ccc(C(F)(F)C(F)(F)F)cc2)c1. The number of nitrogens with one attached hydrogen (secondary N) is 2. The minimum Gasteiger partial charge on any atom is -0.328 e. The number of nitrogens with zero attached hydrogens (tertiary/aromatic N) is 3. The fourth-order valence-corrected chi connectivity index (χ4v) is 4.72. The summed E-state index contributed by atoms with van der Waals surface area (Å²) in [7, 11) is 0. The maximum Gasteiger partial charge on any atom is 0.458 e. The van der Waals surface area contributed by atoms with E-state index in [9.17, 15) is 22.0 Å². The summed E-state index contributed by atoms with van der Waals surface area (Å²) < 4.78 is 68.7. The van der Waals surface area contributed by atoms with Gasteiger partial charge in [-0.15, -0.1) is 5.43 Å². The first-order valence-electron chi connectivity index (χ1n) is 12.1. The van der Waals surface area contributed by atoms with Crippen LogP contribution in [0.3, 0.4) is 0 Å². The first-order valence-corrected chi connectivity index (χ1v) is 12.5. The van der Waals surface area contributed by atoms with Gasteiger partial charge in [0.1, 0.15) is 6.33 Å². The molecule has 1 aromatic heterocycles. The van der Waals surface area contributed by atoms with Crippen molar-refractivity contribution in [2.75, 3.05) is 5.32 Å². The van der Waals surface area contributed by atoms with Crippen LogP contribution in [0.5, 0.6) is 0 Å². The molecule has 0 radical (unpaired) electrons. The summed E-state index contributed by atoms with van der Waals surface area (Å²) in [5.74, 6) is -4.94. The number of para-hydroxylation sites is 1. The Morgan fingerprint density at radius 1 is 0.925 bits per heavy atom. The third-order valence-electron chi connectivity index (χ3n) is 6.65. The summed E-state index contributed by atoms with van der Waals surface area (Å²) in [4.78, 5) is 4.48. The Bertz CT molecular complexity index is 1750. The predicted molar refractivity (Wildman–Crippen MR) is 151 cm³/mol. The van der Waals surface area contributed by atoms with Crippen LogP contribution in [0, 0.1) is 13.8 Å². The van der Waals surface area contributed by atoms with Crippen molar-refractivity contribution in [2.24, 2.45) is 0 Å². The molecule has 0 aliphatic rings. The maximum absolute atomic E-state index is 13.7. The normalized spacial score (nSPS) is 12.1. The molecule has 40 heavy (non-hydrogen) atoms. The predicted octanol–water partition coefficient (Wildman–Crippen LogP) is 7.70. The number of aromatic nitrogens is 2. The second-order valence-corrected chi connectivity index (χ2v) is 9.74. The van der Waals surface area contributed by atoms with E-state index in [0.29, 0.717) is 21.8 Å². The lowest BCUT2D eigenvalue weighted by molar-refractivity contribution is -0.477. The Labute approximate surface area is 231 Å². The van der Waals surface area contributed by atoms with E-state index in [-0.39, 0.29) is 0 Å². The van der Waals surface area contributed by atoms with Crippen LogP contribution in [0.15, 0.2) is 79.1 Å². The van der Waals surface area contributed by atoms with Crippen LogP contribution in [0.25, 0.3) is 27.5 Å². The van der Waals surface area contributed by atoms with Crippen LogP contribution in [0.2, 0.25) is 0 Å². The molecule has 204 valence electrons. The number of hydrazone groups is 1. The van der Waals surface area contributed by atoms with Crippen molar-refractivity contribution < 1.29 is 26.6 Å². The number of benzene rings is 4. The van der Waals surface area contributed by atoms with Gasteiger partial charge in [-0.05, 0) is 66.8 Å². The first-order chi connectivity index (χ1) is 18.9. The van der Waals surface area contributed by atoms with Gasteiger partial charge in [-0.3, -0.25) is 4.57 Å². The molecule has 0 atom stereocenters. The number of rotatable bonds is 5. The zero-order valence-corrected chi connectivity index (χ0v) is 22.2. The van der Waals surface area contributed by atoms with E-state index in [4.69, 9.17) is 12.2 Å². The lowest BCUT2D eigenvalue weighted by Gasteiger charge is -2.20. The average molecular weight is 569 g/mol. The summed E-state index contributed by atoms with van der Waals surface area (Å²) in [6.07, 6.45) is -4.17. The number of fused-ring (bicyclic) bond motifs is 3. The highest BCUT2D eigenvalue weighted by Gasteiger charge is 2.58. The van der Waals surface area contributed by atoms with Gasteiger partial charge in [-0.2, -0.15) is 22.0 Å². The second kappa shape index (κ2) is 9.98. The molecule has 0 aliphatic carbocycles. The number of hydrogen-bond acceptors (Lipinski definition) is 2. The summed E-state index contributed by atoms with van der Waals surface area (Å²) in [5, 5.41) is 5.27. The molecule has 0 amide bonds. The van der Waals surface area contributed by atoms with Gasteiger partial charge < -0.3 is 5.32 Å². The molecule has 5 rings (SSSR count). The van der Waals surface area contributed by atoms with E-state index < -0.39 is 17.7 Å². The van der Waals surface area contributed by atoms with E-state index in [2.05, 4.69) is 22.4 Å². The first kappa shape index (κ1) is 27.2. The lowest BCUT2D eigenvalue weighted by atomic mass is 10.1. The van der Waals surface area contributed by atoms with Gasteiger partial charge in [-0.1, -0.05) is 41.1 Å².